The fourth-order valence-electron chi connectivity index (χ4n) is 3.30. The van der Waals surface area contributed by atoms with Crippen LogP contribution in [0.1, 0.15) is 31.3 Å². The van der Waals surface area contributed by atoms with Crippen molar-refractivity contribution < 1.29 is 9.18 Å². The molecule has 134 valence electrons. The second-order valence-electron chi connectivity index (χ2n) is 7.24. The molecule has 1 fully saturated rings. The number of carbonyl (C=O) groups excluding carboxylic acids is 1. The van der Waals surface area contributed by atoms with Crippen LogP contribution in [0.3, 0.4) is 0 Å². The van der Waals surface area contributed by atoms with Gasteiger partial charge in [0.05, 0.1) is 11.5 Å². The van der Waals surface area contributed by atoms with E-state index in [0.29, 0.717) is 25.1 Å². The molecule has 6 heteroatoms. The maximum atomic E-state index is 14.0. The number of amides is 1. The van der Waals surface area contributed by atoms with Gasteiger partial charge in [-0.25, -0.2) is 9.37 Å². The Morgan fingerprint density at radius 2 is 2.12 bits per heavy atom. The summed E-state index contributed by atoms with van der Waals surface area (Å²) in [6, 6.07) is 6.49. The first-order valence-electron chi connectivity index (χ1n) is 8.65. The van der Waals surface area contributed by atoms with E-state index in [-0.39, 0.29) is 23.7 Å². The number of nitrogens with zero attached hydrogens (tertiary/aromatic N) is 2. The smallest absolute Gasteiger partial charge is 0.229 e. The molecule has 1 aromatic heterocycles. The van der Waals surface area contributed by atoms with Gasteiger partial charge in [0.15, 0.2) is 0 Å². The Bertz CT molecular complexity index is 751. The van der Waals surface area contributed by atoms with Gasteiger partial charge in [-0.1, -0.05) is 32.0 Å². The second-order valence-corrected chi connectivity index (χ2v) is 7.24. The first-order chi connectivity index (χ1) is 11.9. The largest absolute Gasteiger partial charge is 0.345 e. The average Bonchev–Trinajstić information content (AvgIpc) is 2.95. The molecule has 0 bridgehead atoms. The number of aryl methyl sites for hydroxylation is 1. The number of aromatic nitrogens is 2. The summed E-state index contributed by atoms with van der Waals surface area (Å²) in [7, 11) is 1.92. The lowest BCUT2D eigenvalue weighted by atomic mass is 9.75. The fourth-order valence-corrected chi connectivity index (χ4v) is 3.30. The predicted octanol–water partition coefficient (Wildman–Crippen LogP) is 2.20. The zero-order valence-corrected chi connectivity index (χ0v) is 14.9. The SMILES string of the molecule is CC(C)C(NC(=O)C1(Cc2ccccc2F)CNC1)c1nccn1C. The third-order valence-electron chi connectivity index (χ3n) is 4.99. The standard InChI is InChI=1S/C19H25FN4O/c1-13(2)16(17-22-8-9-24(17)3)23-18(25)19(11-21-12-19)10-14-6-4-5-7-15(14)20/h4-9,13,16,21H,10-12H2,1-3H3,(H,23,25). The maximum Gasteiger partial charge on any atom is 0.229 e. The molecule has 1 aliphatic heterocycles. The van der Waals surface area contributed by atoms with Gasteiger partial charge in [-0.3, -0.25) is 4.79 Å². The lowest BCUT2D eigenvalue weighted by molar-refractivity contribution is -0.135. The summed E-state index contributed by atoms with van der Waals surface area (Å²) in [5.41, 5.74) is -0.0298. The Kier molecular flexibility index (Phi) is 4.90. The number of halogens is 1. The Morgan fingerprint density at radius 1 is 1.40 bits per heavy atom. The van der Waals surface area contributed by atoms with Crippen LogP contribution < -0.4 is 10.6 Å². The summed E-state index contributed by atoms with van der Waals surface area (Å²) in [6.07, 6.45) is 4.00. The Hall–Kier alpha value is -2.21. The van der Waals surface area contributed by atoms with E-state index in [1.165, 1.54) is 6.07 Å². The molecule has 0 aliphatic carbocycles. The molecular formula is C19H25FN4O. The quantitative estimate of drug-likeness (QED) is 0.845. The maximum absolute atomic E-state index is 14.0. The molecule has 5 nitrogen and oxygen atoms in total. The van der Waals surface area contributed by atoms with Crippen LogP contribution in [0.15, 0.2) is 36.7 Å². The monoisotopic (exact) mass is 344 g/mol. The Labute approximate surface area is 147 Å². The molecule has 1 aromatic carbocycles. The van der Waals surface area contributed by atoms with Gasteiger partial charge in [0.2, 0.25) is 5.91 Å². The summed E-state index contributed by atoms with van der Waals surface area (Å²) in [5, 5.41) is 6.32. The Morgan fingerprint density at radius 3 is 2.64 bits per heavy atom. The summed E-state index contributed by atoms with van der Waals surface area (Å²) in [6.45, 7) is 5.22. The molecule has 1 atom stereocenters. The molecule has 0 radical (unpaired) electrons. The van der Waals surface area contributed by atoms with Gasteiger partial charge in [-0.2, -0.15) is 0 Å². The van der Waals surface area contributed by atoms with Gasteiger partial charge < -0.3 is 15.2 Å². The zero-order valence-electron chi connectivity index (χ0n) is 14.9. The van der Waals surface area contributed by atoms with Gasteiger partial charge in [-0.15, -0.1) is 0 Å². The minimum Gasteiger partial charge on any atom is -0.345 e. The number of nitrogens with one attached hydrogen (secondary N) is 2. The number of rotatable bonds is 6. The summed E-state index contributed by atoms with van der Waals surface area (Å²) < 4.78 is 16.0. The van der Waals surface area contributed by atoms with Crippen LogP contribution in [0.4, 0.5) is 4.39 Å². The van der Waals surface area contributed by atoms with Crippen molar-refractivity contribution in [2.75, 3.05) is 13.1 Å². The van der Waals surface area contributed by atoms with Gasteiger partial charge in [0, 0.05) is 32.5 Å². The van der Waals surface area contributed by atoms with Gasteiger partial charge in [0.25, 0.3) is 0 Å². The van der Waals surface area contributed by atoms with Crippen LogP contribution >= 0.6 is 0 Å². The van der Waals surface area contributed by atoms with Gasteiger partial charge >= 0.3 is 0 Å². The van der Waals surface area contributed by atoms with E-state index >= 15 is 0 Å². The fraction of sp³-hybridized carbons (Fsp3) is 0.474. The van der Waals surface area contributed by atoms with E-state index in [2.05, 4.69) is 29.5 Å². The van der Waals surface area contributed by atoms with Gasteiger partial charge in [-0.05, 0) is 24.0 Å². The minimum absolute atomic E-state index is 0.0452. The normalized spacial score (nSPS) is 17.2. The van der Waals surface area contributed by atoms with E-state index in [1.54, 1.807) is 24.4 Å². The number of carbonyl (C=O) groups is 1. The highest BCUT2D eigenvalue weighted by atomic mass is 19.1. The molecule has 1 amide bonds. The van der Waals surface area contributed by atoms with E-state index in [4.69, 9.17) is 0 Å². The molecule has 2 heterocycles. The number of hydrogen-bond acceptors (Lipinski definition) is 3. The van der Waals surface area contributed by atoms with Crippen LogP contribution in [-0.4, -0.2) is 28.5 Å². The molecule has 25 heavy (non-hydrogen) atoms. The molecule has 0 spiro atoms. The van der Waals surface area contributed by atoms with Crippen molar-refractivity contribution in [1.29, 1.82) is 0 Å². The molecule has 2 aromatic rings. The van der Waals surface area contributed by atoms with Crippen molar-refractivity contribution in [3.8, 4) is 0 Å². The van der Waals surface area contributed by atoms with Crippen LogP contribution in [0, 0.1) is 17.2 Å². The first kappa shape index (κ1) is 17.6. The van der Waals surface area contributed by atoms with Crippen molar-refractivity contribution in [2.24, 2.45) is 18.4 Å². The summed E-state index contributed by atoms with van der Waals surface area (Å²) in [4.78, 5) is 17.5. The highest BCUT2D eigenvalue weighted by Crippen LogP contribution is 2.31. The molecule has 1 aliphatic rings. The second kappa shape index (κ2) is 6.96. The van der Waals surface area contributed by atoms with Crippen molar-refractivity contribution in [2.45, 2.75) is 26.3 Å². The van der Waals surface area contributed by atoms with E-state index in [0.717, 1.165) is 5.82 Å². The third-order valence-corrected chi connectivity index (χ3v) is 4.99. The van der Waals surface area contributed by atoms with Crippen LogP contribution in [-0.2, 0) is 18.3 Å². The number of benzene rings is 1. The highest BCUT2D eigenvalue weighted by Gasteiger charge is 2.45. The molecular weight excluding hydrogens is 319 g/mol. The topological polar surface area (TPSA) is 59.0 Å². The molecule has 1 saturated heterocycles. The molecule has 1 unspecified atom stereocenters. The highest BCUT2D eigenvalue weighted by molar-refractivity contribution is 5.85. The van der Waals surface area contributed by atoms with Crippen molar-refractivity contribution in [3.63, 3.8) is 0 Å². The van der Waals surface area contributed by atoms with Crippen molar-refractivity contribution >= 4 is 5.91 Å². The zero-order chi connectivity index (χ0) is 18.0. The molecule has 3 rings (SSSR count). The summed E-state index contributed by atoms with van der Waals surface area (Å²) >= 11 is 0. The predicted molar refractivity (Wildman–Crippen MR) is 94.3 cm³/mol. The van der Waals surface area contributed by atoms with Crippen LogP contribution in [0.2, 0.25) is 0 Å². The molecule has 0 saturated carbocycles. The lowest BCUT2D eigenvalue weighted by Gasteiger charge is -2.42. The number of imidazole rings is 1. The lowest BCUT2D eigenvalue weighted by Crippen LogP contribution is -2.63. The van der Waals surface area contributed by atoms with Crippen molar-refractivity contribution in [1.82, 2.24) is 20.2 Å². The van der Waals surface area contributed by atoms with Gasteiger partial charge in [0.1, 0.15) is 11.6 Å². The summed E-state index contributed by atoms with van der Waals surface area (Å²) in [5.74, 6) is 0.725. The molecule has 2 N–H and O–H groups in total. The minimum atomic E-state index is -0.611. The third kappa shape index (κ3) is 3.44. The Balaban J connectivity index is 1.80. The van der Waals surface area contributed by atoms with E-state index in [9.17, 15) is 9.18 Å². The van der Waals surface area contributed by atoms with E-state index < -0.39 is 5.41 Å². The number of hydrogen-bond donors (Lipinski definition) is 2. The first-order valence-corrected chi connectivity index (χ1v) is 8.65. The van der Waals surface area contributed by atoms with Crippen molar-refractivity contribution in [3.05, 3.63) is 53.9 Å². The van der Waals surface area contributed by atoms with Crippen LogP contribution in [0.5, 0.6) is 0 Å². The van der Waals surface area contributed by atoms with Crippen LogP contribution in [0.25, 0.3) is 0 Å². The van der Waals surface area contributed by atoms with E-state index in [1.807, 2.05) is 17.8 Å². The average molecular weight is 344 g/mol.